The van der Waals surface area contributed by atoms with Crippen LogP contribution in [0.1, 0.15) is 103 Å². The molecule has 54 heavy (non-hydrogen) atoms. The Bertz CT molecular complexity index is 1920. The molecule has 290 valence electrons. The van der Waals surface area contributed by atoms with Crippen LogP contribution >= 0.6 is 0 Å². The maximum absolute atomic E-state index is 15.0. The first kappa shape index (κ1) is 38.3. The van der Waals surface area contributed by atoms with Crippen LogP contribution in [0.4, 0.5) is 0 Å². The molecular weight excluding hydrogens is 684 g/mol. The van der Waals surface area contributed by atoms with Crippen LogP contribution in [-0.4, -0.2) is 89.3 Å². The molecule has 4 bridgehead atoms. The third-order valence-electron chi connectivity index (χ3n) is 12.3. The second-order valence-corrected chi connectivity index (χ2v) is 17.2. The monoisotopic (exact) mass is 740 g/mol. The van der Waals surface area contributed by atoms with Crippen molar-refractivity contribution in [2.75, 3.05) is 39.4 Å². The van der Waals surface area contributed by atoms with E-state index in [9.17, 15) is 19.5 Å². The number of phenolic OH excluding ortho intramolecular Hbond substituents is 1. The summed E-state index contributed by atoms with van der Waals surface area (Å²) in [6.45, 7) is 20.1. The van der Waals surface area contributed by atoms with Gasteiger partial charge in [-0.15, -0.1) is 0 Å². The van der Waals surface area contributed by atoms with E-state index in [0.29, 0.717) is 67.0 Å². The Morgan fingerprint density at radius 2 is 1.72 bits per heavy atom. The van der Waals surface area contributed by atoms with Gasteiger partial charge in [0.25, 0.3) is 0 Å². The molecule has 10 nitrogen and oxygen atoms in total. The molecule has 1 saturated carbocycles. The molecule has 0 aromatic heterocycles. The molecule has 10 heteroatoms. The second kappa shape index (κ2) is 13.9. The predicted octanol–water partition coefficient (Wildman–Crippen LogP) is 6.60. The Morgan fingerprint density at radius 1 is 1.00 bits per heavy atom. The van der Waals surface area contributed by atoms with Crippen LogP contribution in [0.3, 0.4) is 0 Å². The number of morpholine rings is 1. The highest BCUT2D eigenvalue weighted by Crippen LogP contribution is 2.68. The molecular formula is C44H56N2O8. The van der Waals surface area contributed by atoms with Crippen LogP contribution in [0, 0.1) is 11.8 Å². The topological polar surface area (TPSA) is 124 Å². The van der Waals surface area contributed by atoms with Gasteiger partial charge in [-0.3, -0.25) is 19.3 Å². The standard InChI is InChI=1S/C44H56N2O8/c1-26(2)10-9-15-42(8)16-14-30-35(47)34-36(48)32-24-29-25-33-41(6,7)54-43(39(29)49,17-13-28(5)40(50)45-18-19-46-20-22-51-23-21-46)44(32,33)53-38(34)31(37(30)52-42)12-11-27(3)4/h10-11,13-14,16,24,29,33,47H,9,12,15,17-23,25H2,1-8H3,(H,45,50)/b28-13-. The van der Waals surface area contributed by atoms with E-state index in [-0.39, 0.29) is 46.9 Å². The van der Waals surface area contributed by atoms with Gasteiger partial charge in [0, 0.05) is 61.1 Å². The number of aromatic hydroxyl groups is 1. The molecule has 3 aliphatic carbocycles. The molecule has 7 aliphatic rings. The Labute approximate surface area is 319 Å². The predicted molar refractivity (Wildman–Crippen MR) is 207 cm³/mol. The number of Topliss-reactive ketones (excluding diaryl/α,β-unsaturated/α-hetero) is 2. The first-order chi connectivity index (χ1) is 25.5. The first-order valence-electron chi connectivity index (χ1n) is 19.6. The number of benzene rings is 1. The van der Waals surface area contributed by atoms with Crippen molar-refractivity contribution in [2.24, 2.45) is 11.8 Å². The largest absolute Gasteiger partial charge is 0.506 e. The maximum Gasteiger partial charge on any atom is 0.246 e. The number of hydrogen-bond donors (Lipinski definition) is 2. The summed E-state index contributed by atoms with van der Waals surface area (Å²) in [5, 5.41) is 15.0. The van der Waals surface area contributed by atoms with Crippen LogP contribution in [0.2, 0.25) is 0 Å². The van der Waals surface area contributed by atoms with Crippen molar-refractivity contribution in [1.82, 2.24) is 10.2 Å². The zero-order chi connectivity index (χ0) is 38.8. The number of hydrogen-bond acceptors (Lipinski definition) is 9. The van der Waals surface area contributed by atoms with Crippen LogP contribution < -0.4 is 14.8 Å². The van der Waals surface area contributed by atoms with Gasteiger partial charge in [-0.1, -0.05) is 35.5 Å². The highest BCUT2D eigenvalue weighted by Gasteiger charge is 2.81. The average molecular weight is 741 g/mol. The average Bonchev–Trinajstić information content (AvgIpc) is 3.27. The van der Waals surface area contributed by atoms with Crippen LogP contribution in [0.25, 0.3) is 6.08 Å². The van der Waals surface area contributed by atoms with Crippen molar-refractivity contribution in [3.8, 4) is 17.2 Å². The lowest BCUT2D eigenvalue weighted by Gasteiger charge is -2.56. The van der Waals surface area contributed by atoms with Crippen LogP contribution in [-0.2, 0) is 25.5 Å². The SMILES string of the molecule is CC(C)=CCCC1(C)C=Cc2c(O)c3c(c(CC=C(C)C)c2O1)OC12C(=CC4CC1C(C)(C)OC2(C/C=C(/C)C(=O)NCCN1CCOCC1)C4=O)C3=O. The zero-order valence-corrected chi connectivity index (χ0v) is 33.1. The first-order valence-corrected chi connectivity index (χ1v) is 19.6. The van der Waals surface area contributed by atoms with E-state index in [2.05, 4.69) is 36.2 Å². The van der Waals surface area contributed by atoms with Gasteiger partial charge in [-0.05, 0) is 93.2 Å². The molecule has 0 radical (unpaired) electrons. The lowest BCUT2D eigenvalue weighted by molar-refractivity contribution is -0.171. The maximum atomic E-state index is 15.0. The number of allylic oxidation sites excluding steroid dienone is 5. The number of amides is 1. The Kier molecular flexibility index (Phi) is 9.89. The van der Waals surface area contributed by atoms with E-state index in [1.165, 1.54) is 5.57 Å². The van der Waals surface area contributed by atoms with Gasteiger partial charge in [0.15, 0.2) is 22.8 Å². The van der Waals surface area contributed by atoms with E-state index < -0.39 is 28.3 Å². The second-order valence-electron chi connectivity index (χ2n) is 17.2. The third kappa shape index (κ3) is 6.18. The molecule has 1 aromatic carbocycles. The third-order valence-corrected chi connectivity index (χ3v) is 12.3. The fourth-order valence-corrected chi connectivity index (χ4v) is 9.47. The summed E-state index contributed by atoms with van der Waals surface area (Å²) in [5.41, 5.74) is -0.282. The molecule has 2 saturated heterocycles. The number of rotatable bonds is 11. The zero-order valence-electron chi connectivity index (χ0n) is 33.1. The van der Waals surface area contributed by atoms with E-state index in [1.54, 1.807) is 19.1 Å². The Balaban J connectivity index is 1.30. The summed E-state index contributed by atoms with van der Waals surface area (Å²) in [6.07, 6.45) is 14.0. The molecule has 1 aromatic rings. The van der Waals surface area contributed by atoms with Gasteiger partial charge < -0.3 is 29.4 Å². The summed E-state index contributed by atoms with van der Waals surface area (Å²) in [4.78, 5) is 45.2. The minimum atomic E-state index is -1.57. The number of carbonyl (C=O) groups is 3. The van der Waals surface area contributed by atoms with Crippen LogP contribution in [0.5, 0.6) is 17.2 Å². The molecule has 1 spiro atoms. The van der Waals surface area contributed by atoms with E-state index in [1.807, 2.05) is 46.8 Å². The van der Waals surface area contributed by atoms with Crippen molar-refractivity contribution < 1.29 is 38.4 Å². The van der Waals surface area contributed by atoms with Gasteiger partial charge in [0.1, 0.15) is 28.4 Å². The minimum absolute atomic E-state index is 0.0484. The number of phenols is 1. The van der Waals surface area contributed by atoms with Crippen molar-refractivity contribution in [2.45, 2.75) is 110 Å². The number of nitrogens with one attached hydrogen (secondary N) is 1. The summed E-state index contributed by atoms with van der Waals surface area (Å²) < 4.78 is 26.5. The lowest BCUT2D eigenvalue weighted by Crippen LogP contribution is -2.72. The molecule has 3 fully saturated rings. The number of carbonyl (C=O) groups excluding carboxylic acids is 3. The van der Waals surface area contributed by atoms with E-state index in [0.717, 1.165) is 31.6 Å². The van der Waals surface area contributed by atoms with Crippen molar-refractivity contribution in [3.63, 3.8) is 0 Å². The summed E-state index contributed by atoms with van der Waals surface area (Å²) in [7, 11) is 0. The van der Waals surface area contributed by atoms with Gasteiger partial charge in [0.2, 0.25) is 5.91 Å². The van der Waals surface area contributed by atoms with Gasteiger partial charge >= 0.3 is 0 Å². The highest BCUT2D eigenvalue weighted by molar-refractivity contribution is 6.19. The van der Waals surface area contributed by atoms with Gasteiger partial charge in [-0.25, -0.2) is 0 Å². The van der Waals surface area contributed by atoms with E-state index >= 15 is 0 Å². The van der Waals surface area contributed by atoms with Crippen molar-refractivity contribution >= 4 is 23.5 Å². The number of nitrogens with zero attached hydrogens (tertiary/aromatic N) is 1. The molecule has 5 atom stereocenters. The Morgan fingerprint density at radius 3 is 2.43 bits per heavy atom. The Hall–Kier alpha value is -3.99. The fourth-order valence-electron chi connectivity index (χ4n) is 9.47. The van der Waals surface area contributed by atoms with Gasteiger partial charge in [-0.2, -0.15) is 0 Å². The number of ketones is 2. The number of fused-ring (bicyclic) bond motifs is 2. The molecule has 5 unspecified atom stereocenters. The summed E-state index contributed by atoms with van der Waals surface area (Å²) in [6, 6.07) is 0. The lowest BCUT2D eigenvalue weighted by atomic mass is 9.51. The molecule has 8 rings (SSSR count). The van der Waals surface area contributed by atoms with Crippen LogP contribution in [0.15, 0.2) is 52.7 Å². The normalized spacial score (nSPS) is 30.4. The van der Waals surface area contributed by atoms with Crippen molar-refractivity contribution in [3.05, 3.63) is 69.4 Å². The number of ether oxygens (including phenoxy) is 4. The van der Waals surface area contributed by atoms with Gasteiger partial charge in [0.05, 0.1) is 24.4 Å². The van der Waals surface area contributed by atoms with E-state index in [4.69, 9.17) is 18.9 Å². The smallest absolute Gasteiger partial charge is 0.246 e. The molecule has 4 aliphatic heterocycles. The fraction of sp³-hybridized carbons (Fsp3) is 0.568. The van der Waals surface area contributed by atoms with Crippen molar-refractivity contribution in [1.29, 1.82) is 0 Å². The summed E-state index contributed by atoms with van der Waals surface area (Å²) >= 11 is 0. The quantitative estimate of drug-likeness (QED) is 0.191. The highest BCUT2D eigenvalue weighted by atomic mass is 16.6. The molecule has 2 N–H and O–H groups in total. The minimum Gasteiger partial charge on any atom is -0.506 e. The molecule has 1 amide bonds. The summed E-state index contributed by atoms with van der Waals surface area (Å²) in [5.74, 6) is -1.14. The molecule has 4 heterocycles.